The van der Waals surface area contributed by atoms with E-state index in [2.05, 4.69) is 10.1 Å². The van der Waals surface area contributed by atoms with Crippen molar-refractivity contribution >= 4 is 5.52 Å². The number of nitrogens with one attached hydrogen (secondary N) is 1. The molecule has 3 rings (SSSR count). The maximum atomic E-state index is 11.6. The van der Waals surface area contributed by atoms with Crippen LogP contribution in [-0.4, -0.2) is 14.6 Å². The molecule has 1 fully saturated rings. The van der Waals surface area contributed by atoms with Gasteiger partial charge in [-0.15, -0.1) is 0 Å². The highest BCUT2D eigenvalue weighted by Crippen LogP contribution is 2.31. The number of rotatable bonds is 1. The van der Waals surface area contributed by atoms with Crippen LogP contribution in [0.25, 0.3) is 5.52 Å². The minimum atomic E-state index is -0.0583. The highest BCUT2D eigenvalue weighted by molar-refractivity contribution is 5.45. The van der Waals surface area contributed by atoms with Gasteiger partial charge in [-0.2, -0.15) is 5.10 Å². The van der Waals surface area contributed by atoms with Gasteiger partial charge in [-0.3, -0.25) is 4.79 Å². The Morgan fingerprint density at radius 2 is 2.12 bits per heavy atom. The van der Waals surface area contributed by atoms with Gasteiger partial charge in [-0.1, -0.05) is 19.3 Å². The maximum absolute atomic E-state index is 11.6. The van der Waals surface area contributed by atoms with Crippen molar-refractivity contribution in [3.05, 3.63) is 34.5 Å². The highest BCUT2D eigenvalue weighted by Gasteiger charge is 2.18. The molecule has 2 aromatic heterocycles. The van der Waals surface area contributed by atoms with Gasteiger partial charge in [0.25, 0.3) is 5.56 Å². The first-order valence-electron chi connectivity index (χ1n) is 5.91. The van der Waals surface area contributed by atoms with Crippen LogP contribution in [0.15, 0.2) is 23.3 Å². The topological polar surface area (TPSA) is 50.2 Å². The number of H-pyrrole nitrogens is 1. The Labute approximate surface area is 93.3 Å². The zero-order chi connectivity index (χ0) is 11.0. The molecule has 0 unspecified atom stereocenters. The van der Waals surface area contributed by atoms with E-state index >= 15 is 0 Å². The summed E-state index contributed by atoms with van der Waals surface area (Å²) in [6.07, 6.45) is 9.76. The first-order valence-corrected chi connectivity index (χ1v) is 5.91. The zero-order valence-corrected chi connectivity index (χ0v) is 9.15. The summed E-state index contributed by atoms with van der Waals surface area (Å²) in [5.41, 5.74) is 1.68. The highest BCUT2D eigenvalue weighted by atomic mass is 16.1. The van der Waals surface area contributed by atoms with Crippen LogP contribution in [0, 0.1) is 0 Å². The molecule has 2 aromatic rings. The molecule has 0 atom stereocenters. The van der Waals surface area contributed by atoms with Gasteiger partial charge in [0.1, 0.15) is 5.52 Å². The van der Waals surface area contributed by atoms with E-state index in [4.69, 9.17) is 0 Å². The molecule has 16 heavy (non-hydrogen) atoms. The van der Waals surface area contributed by atoms with Gasteiger partial charge in [0.15, 0.2) is 0 Å². The van der Waals surface area contributed by atoms with Gasteiger partial charge in [0.2, 0.25) is 0 Å². The lowest BCUT2D eigenvalue weighted by molar-refractivity contribution is 0.435. The number of aromatic nitrogens is 3. The van der Waals surface area contributed by atoms with Crippen molar-refractivity contribution in [1.82, 2.24) is 14.6 Å². The Balaban J connectivity index is 2.04. The lowest BCUT2D eigenvalue weighted by atomic mass is 9.87. The molecule has 0 aliphatic heterocycles. The number of nitrogens with zero attached hydrogens (tertiary/aromatic N) is 2. The van der Waals surface area contributed by atoms with E-state index in [1.54, 1.807) is 16.9 Å². The van der Waals surface area contributed by atoms with Crippen molar-refractivity contribution in [2.75, 3.05) is 0 Å². The molecular formula is C12H15N3O. The van der Waals surface area contributed by atoms with Crippen LogP contribution in [0.3, 0.4) is 0 Å². The zero-order valence-electron chi connectivity index (χ0n) is 9.15. The van der Waals surface area contributed by atoms with Crippen LogP contribution >= 0.6 is 0 Å². The number of hydrogen-bond acceptors (Lipinski definition) is 2. The van der Waals surface area contributed by atoms with Crippen LogP contribution in [0.1, 0.15) is 43.7 Å². The van der Waals surface area contributed by atoms with E-state index in [-0.39, 0.29) is 5.56 Å². The molecule has 0 spiro atoms. The predicted molar refractivity (Wildman–Crippen MR) is 61.6 cm³/mol. The summed E-state index contributed by atoms with van der Waals surface area (Å²) < 4.78 is 1.68. The molecule has 0 amide bonds. The van der Waals surface area contributed by atoms with Crippen molar-refractivity contribution in [2.24, 2.45) is 0 Å². The van der Waals surface area contributed by atoms with Gasteiger partial charge in [0, 0.05) is 18.3 Å². The first-order chi connectivity index (χ1) is 7.84. The molecule has 4 heteroatoms. The molecular weight excluding hydrogens is 202 g/mol. The van der Waals surface area contributed by atoms with Gasteiger partial charge >= 0.3 is 0 Å². The number of aromatic amines is 1. The lowest BCUT2D eigenvalue weighted by Crippen LogP contribution is -2.07. The third-order valence-electron chi connectivity index (χ3n) is 3.44. The summed E-state index contributed by atoms with van der Waals surface area (Å²) in [4.78, 5) is 14.2. The van der Waals surface area contributed by atoms with Crippen LogP contribution in [0.5, 0.6) is 0 Å². The number of fused-ring (bicyclic) bond motifs is 1. The van der Waals surface area contributed by atoms with Crippen molar-refractivity contribution in [1.29, 1.82) is 0 Å². The SMILES string of the molecule is O=c1[nH]ccn2nc(C3CCCCC3)cc12. The van der Waals surface area contributed by atoms with Crippen LogP contribution < -0.4 is 5.56 Å². The van der Waals surface area contributed by atoms with Crippen molar-refractivity contribution < 1.29 is 0 Å². The summed E-state index contributed by atoms with van der Waals surface area (Å²) in [6, 6.07) is 1.94. The first kappa shape index (κ1) is 9.63. The van der Waals surface area contributed by atoms with Crippen molar-refractivity contribution in [3.8, 4) is 0 Å². The van der Waals surface area contributed by atoms with E-state index in [1.807, 2.05) is 6.07 Å². The molecule has 1 aliphatic carbocycles. The standard InChI is InChI=1S/C12H15N3O/c16-12-11-8-10(9-4-2-1-3-5-9)14-15(11)7-6-13-12/h6-9H,1-5H2,(H,13,16). The maximum Gasteiger partial charge on any atom is 0.273 e. The fraction of sp³-hybridized carbons (Fsp3) is 0.500. The fourth-order valence-electron chi connectivity index (χ4n) is 2.55. The molecule has 0 radical (unpaired) electrons. The second kappa shape index (κ2) is 3.77. The van der Waals surface area contributed by atoms with Gasteiger partial charge < -0.3 is 4.98 Å². The van der Waals surface area contributed by atoms with Crippen LogP contribution in [0.2, 0.25) is 0 Å². The predicted octanol–water partition coefficient (Wildman–Crippen LogP) is 2.07. The monoisotopic (exact) mass is 217 g/mol. The van der Waals surface area contributed by atoms with E-state index in [0.717, 1.165) is 5.69 Å². The molecule has 1 N–H and O–H groups in total. The summed E-state index contributed by atoms with van der Waals surface area (Å²) >= 11 is 0. The second-order valence-corrected chi connectivity index (χ2v) is 4.52. The van der Waals surface area contributed by atoms with E-state index in [9.17, 15) is 4.79 Å². The third kappa shape index (κ3) is 1.54. The van der Waals surface area contributed by atoms with Gasteiger partial charge in [-0.05, 0) is 18.9 Å². The van der Waals surface area contributed by atoms with Gasteiger partial charge in [0.05, 0.1) is 5.69 Å². The second-order valence-electron chi connectivity index (χ2n) is 4.52. The Morgan fingerprint density at radius 3 is 2.88 bits per heavy atom. The van der Waals surface area contributed by atoms with Crippen LogP contribution in [-0.2, 0) is 0 Å². The molecule has 2 heterocycles. The number of hydrogen-bond donors (Lipinski definition) is 1. The fourth-order valence-corrected chi connectivity index (χ4v) is 2.55. The summed E-state index contributed by atoms with van der Waals surface area (Å²) in [5, 5.41) is 4.49. The average molecular weight is 217 g/mol. The minimum absolute atomic E-state index is 0.0583. The molecule has 0 bridgehead atoms. The van der Waals surface area contributed by atoms with E-state index in [1.165, 1.54) is 32.1 Å². The van der Waals surface area contributed by atoms with Crippen LogP contribution in [0.4, 0.5) is 0 Å². The Bertz CT molecular complexity index is 549. The molecule has 84 valence electrons. The molecule has 4 nitrogen and oxygen atoms in total. The van der Waals surface area contributed by atoms with E-state index in [0.29, 0.717) is 11.4 Å². The molecule has 0 aromatic carbocycles. The normalized spacial score (nSPS) is 18.0. The summed E-state index contributed by atoms with van der Waals surface area (Å²) in [7, 11) is 0. The van der Waals surface area contributed by atoms with Crippen molar-refractivity contribution in [2.45, 2.75) is 38.0 Å². The lowest BCUT2D eigenvalue weighted by Gasteiger charge is -2.18. The third-order valence-corrected chi connectivity index (χ3v) is 3.44. The quantitative estimate of drug-likeness (QED) is 0.795. The van der Waals surface area contributed by atoms with Gasteiger partial charge in [-0.25, -0.2) is 4.52 Å². The molecule has 1 aliphatic rings. The molecule has 0 saturated heterocycles. The van der Waals surface area contributed by atoms with Crippen molar-refractivity contribution in [3.63, 3.8) is 0 Å². The molecule has 1 saturated carbocycles. The smallest absolute Gasteiger partial charge is 0.273 e. The summed E-state index contributed by atoms with van der Waals surface area (Å²) in [6.45, 7) is 0. The Hall–Kier alpha value is -1.58. The van der Waals surface area contributed by atoms with E-state index < -0.39 is 0 Å². The minimum Gasteiger partial charge on any atom is -0.326 e. The largest absolute Gasteiger partial charge is 0.326 e. The average Bonchev–Trinajstić information content (AvgIpc) is 2.76. The Morgan fingerprint density at radius 1 is 1.31 bits per heavy atom. The Kier molecular flexibility index (Phi) is 2.27. The summed E-state index contributed by atoms with van der Waals surface area (Å²) in [5.74, 6) is 0.549.